The topological polar surface area (TPSA) is 72.1 Å². The van der Waals surface area contributed by atoms with E-state index in [-0.39, 0.29) is 12.1 Å². The van der Waals surface area contributed by atoms with Crippen molar-refractivity contribution in [2.75, 3.05) is 4.90 Å². The molecule has 9 aromatic rings. The van der Waals surface area contributed by atoms with Crippen molar-refractivity contribution < 1.29 is 0 Å². The summed E-state index contributed by atoms with van der Waals surface area (Å²) in [4.78, 5) is 27.3. The third kappa shape index (κ3) is 4.95. The van der Waals surface area contributed by atoms with Crippen molar-refractivity contribution in [3.05, 3.63) is 217 Å². The second-order valence-corrected chi connectivity index (χ2v) is 16.1. The molecule has 2 unspecified atom stereocenters. The highest BCUT2D eigenvalue weighted by Crippen LogP contribution is 2.63. The van der Waals surface area contributed by atoms with E-state index in [1.54, 1.807) is 0 Å². The summed E-state index contributed by atoms with van der Waals surface area (Å²) in [6.45, 7) is 0. The number of fused-ring (bicyclic) bond motifs is 12. The zero-order valence-corrected chi connectivity index (χ0v) is 32.8. The second kappa shape index (κ2) is 13.0. The van der Waals surface area contributed by atoms with Gasteiger partial charge in [-0.2, -0.15) is 0 Å². The maximum Gasteiger partial charge on any atom is 0.164 e. The van der Waals surface area contributed by atoms with Crippen LogP contribution in [0.1, 0.15) is 22.3 Å². The molecule has 0 saturated carbocycles. The van der Waals surface area contributed by atoms with Crippen LogP contribution in [0.3, 0.4) is 0 Å². The molecule has 2 aliphatic heterocycles. The third-order valence-corrected chi connectivity index (χ3v) is 12.9. The first-order valence-electron chi connectivity index (χ1n) is 20.7. The fourth-order valence-corrected chi connectivity index (χ4v) is 10.2. The van der Waals surface area contributed by atoms with Crippen molar-refractivity contribution in [1.29, 1.82) is 0 Å². The molecule has 2 aliphatic carbocycles. The summed E-state index contributed by atoms with van der Waals surface area (Å²) >= 11 is 0. The van der Waals surface area contributed by atoms with Gasteiger partial charge in [0.1, 0.15) is 11.8 Å². The first kappa shape index (κ1) is 33.9. The monoisotopic (exact) mass is 781 g/mol. The lowest BCUT2D eigenvalue weighted by Gasteiger charge is -2.30. The number of allylic oxidation sites excluding steroid dienone is 1. The molecule has 286 valence electrons. The van der Waals surface area contributed by atoms with E-state index < -0.39 is 5.41 Å². The van der Waals surface area contributed by atoms with Gasteiger partial charge < -0.3 is 9.47 Å². The van der Waals surface area contributed by atoms with E-state index in [0.29, 0.717) is 17.5 Å². The number of aliphatic imine (C=N–C) groups is 1. The van der Waals surface area contributed by atoms with Gasteiger partial charge in [-0.15, -0.1) is 0 Å². The average Bonchev–Trinajstić information content (AvgIpc) is 4.10. The van der Waals surface area contributed by atoms with Gasteiger partial charge in [0.25, 0.3) is 0 Å². The van der Waals surface area contributed by atoms with Gasteiger partial charge in [0.2, 0.25) is 0 Å². The number of aromatic nitrogens is 5. The molecule has 7 nitrogen and oxygen atoms in total. The maximum atomic E-state index is 5.27. The lowest BCUT2D eigenvalue weighted by molar-refractivity contribution is 0.622. The third-order valence-electron chi connectivity index (χ3n) is 12.9. The number of benzene rings is 6. The van der Waals surface area contributed by atoms with Crippen LogP contribution >= 0.6 is 0 Å². The largest absolute Gasteiger partial charge is 0.325 e. The summed E-state index contributed by atoms with van der Waals surface area (Å²) in [6, 6.07) is 56.5. The Morgan fingerprint density at radius 3 is 1.72 bits per heavy atom. The molecule has 0 radical (unpaired) electrons. The van der Waals surface area contributed by atoms with Crippen LogP contribution in [-0.2, 0) is 5.41 Å². The first-order valence-corrected chi connectivity index (χ1v) is 20.7. The minimum Gasteiger partial charge on any atom is -0.325 e. The molecule has 0 fully saturated rings. The normalized spacial score (nSPS) is 17.1. The van der Waals surface area contributed by atoms with Gasteiger partial charge >= 0.3 is 0 Å². The standard InChI is InChI=1S/C54H35N7/c1-4-14-45-41(11-1)42-12-2-5-15-46(42)54(45)47-16-6-3-13-43(47)44-26-21-38(33-48(44)54)51-58-49(34-17-22-39(23-18-34)60-31-27-36-9-7-29-55-52(36)60)57-50(59-51)35-19-24-40(25-20-35)61-32-28-37-10-8-30-56-53(37)61/h1-33,36,52H. The van der Waals surface area contributed by atoms with Gasteiger partial charge in [0.05, 0.1) is 5.41 Å². The van der Waals surface area contributed by atoms with Crippen LogP contribution in [0.25, 0.3) is 73.1 Å². The zero-order valence-electron chi connectivity index (χ0n) is 32.8. The van der Waals surface area contributed by atoms with Crippen LogP contribution in [0.5, 0.6) is 0 Å². The molecule has 61 heavy (non-hydrogen) atoms. The Balaban J connectivity index is 0.965. The highest BCUT2D eigenvalue weighted by molar-refractivity contribution is 5.95. The second-order valence-electron chi connectivity index (χ2n) is 16.1. The van der Waals surface area contributed by atoms with E-state index in [0.717, 1.165) is 39.1 Å². The molecular weight excluding hydrogens is 747 g/mol. The molecule has 3 aromatic heterocycles. The lowest BCUT2D eigenvalue weighted by Crippen LogP contribution is -2.30. The van der Waals surface area contributed by atoms with Crippen LogP contribution in [0.2, 0.25) is 0 Å². The maximum absolute atomic E-state index is 5.27. The molecule has 13 rings (SSSR count). The summed E-state index contributed by atoms with van der Waals surface area (Å²) in [5.41, 5.74) is 15.5. The number of anilines is 1. The number of rotatable bonds is 5. The van der Waals surface area contributed by atoms with Crippen molar-refractivity contribution in [1.82, 2.24) is 24.5 Å². The Hall–Kier alpha value is -8.03. The molecular formula is C54H35N7. The van der Waals surface area contributed by atoms with Crippen LogP contribution in [0.4, 0.5) is 5.69 Å². The van der Waals surface area contributed by atoms with E-state index in [1.807, 2.05) is 24.6 Å². The lowest BCUT2D eigenvalue weighted by atomic mass is 9.70. The van der Waals surface area contributed by atoms with Gasteiger partial charge in [0.15, 0.2) is 17.5 Å². The summed E-state index contributed by atoms with van der Waals surface area (Å²) in [7, 11) is 0. The molecule has 7 heteroatoms. The van der Waals surface area contributed by atoms with Crippen LogP contribution in [-0.4, -0.2) is 36.9 Å². The van der Waals surface area contributed by atoms with Gasteiger partial charge in [-0.25, -0.2) is 19.9 Å². The molecule has 0 amide bonds. The van der Waals surface area contributed by atoms with E-state index in [1.165, 1.54) is 44.5 Å². The highest BCUT2D eigenvalue weighted by atomic mass is 15.3. The van der Waals surface area contributed by atoms with Crippen LogP contribution < -0.4 is 4.90 Å². The number of hydrogen-bond donors (Lipinski definition) is 0. The van der Waals surface area contributed by atoms with Crippen molar-refractivity contribution in [2.24, 2.45) is 10.9 Å². The molecule has 0 bridgehead atoms. The van der Waals surface area contributed by atoms with Crippen molar-refractivity contribution >= 4 is 22.9 Å². The SMILES string of the molecule is C1=CC2C=CN(c3ccc(-c4nc(-c5ccc(-n6ccc7cccnc76)cc5)nc(-c5ccc6c(c5)C5(c7ccccc7-c7ccccc75)c5ccccc5-6)n4)cc3)C2N=C1. The molecule has 4 aliphatic rings. The Kier molecular flexibility index (Phi) is 7.21. The highest BCUT2D eigenvalue weighted by Gasteiger charge is 2.51. The first-order chi connectivity index (χ1) is 30.2. The summed E-state index contributed by atoms with van der Waals surface area (Å²) in [6.07, 6.45) is 14.4. The molecule has 1 spiro atoms. The van der Waals surface area contributed by atoms with Gasteiger partial charge in [0, 0.05) is 64.2 Å². The molecule has 0 N–H and O–H groups in total. The Morgan fingerprint density at radius 2 is 1.07 bits per heavy atom. The van der Waals surface area contributed by atoms with Crippen LogP contribution in [0.15, 0.2) is 200 Å². The Bertz CT molecular complexity index is 3270. The van der Waals surface area contributed by atoms with Gasteiger partial charge in [-0.1, -0.05) is 97.1 Å². The molecule has 5 heterocycles. The summed E-state index contributed by atoms with van der Waals surface area (Å²) in [5.74, 6) is 2.10. The minimum atomic E-state index is -0.474. The average molecular weight is 782 g/mol. The number of pyridine rings is 1. The van der Waals surface area contributed by atoms with Crippen molar-refractivity contribution in [2.45, 2.75) is 11.6 Å². The van der Waals surface area contributed by atoms with Gasteiger partial charge in [-0.3, -0.25) is 4.99 Å². The molecule has 2 atom stereocenters. The fraction of sp³-hybridized carbons (Fsp3) is 0.0556. The predicted octanol–water partition coefficient (Wildman–Crippen LogP) is 11.5. The van der Waals surface area contributed by atoms with E-state index in [2.05, 4.69) is 191 Å². The zero-order chi connectivity index (χ0) is 40.1. The van der Waals surface area contributed by atoms with E-state index >= 15 is 0 Å². The summed E-state index contributed by atoms with van der Waals surface area (Å²) < 4.78 is 2.11. The fourth-order valence-electron chi connectivity index (χ4n) is 10.2. The number of dihydropyridines is 1. The van der Waals surface area contributed by atoms with E-state index in [9.17, 15) is 0 Å². The quantitative estimate of drug-likeness (QED) is 0.174. The molecule has 0 saturated heterocycles. The Labute approximate surface area is 352 Å². The number of nitrogens with zero attached hydrogens (tertiary/aromatic N) is 7. The van der Waals surface area contributed by atoms with Crippen molar-refractivity contribution in [3.63, 3.8) is 0 Å². The molecule has 6 aromatic carbocycles. The smallest absolute Gasteiger partial charge is 0.164 e. The minimum absolute atomic E-state index is 0.0301. The Morgan fingerprint density at radius 1 is 0.492 bits per heavy atom. The predicted molar refractivity (Wildman–Crippen MR) is 244 cm³/mol. The number of hydrogen-bond acceptors (Lipinski definition) is 6. The van der Waals surface area contributed by atoms with Crippen molar-refractivity contribution in [3.8, 4) is 62.1 Å². The van der Waals surface area contributed by atoms with Gasteiger partial charge in [-0.05, 0) is 123 Å². The van der Waals surface area contributed by atoms with E-state index in [4.69, 9.17) is 19.9 Å². The van der Waals surface area contributed by atoms with Crippen LogP contribution in [0, 0.1) is 5.92 Å². The summed E-state index contributed by atoms with van der Waals surface area (Å²) in [5, 5.41) is 1.09.